The van der Waals surface area contributed by atoms with Crippen molar-refractivity contribution in [2.24, 2.45) is 0 Å². The fourth-order valence-electron chi connectivity index (χ4n) is 2.27. The maximum Gasteiger partial charge on any atom is 0.120 e. The second kappa shape index (κ2) is 7.85. The van der Waals surface area contributed by atoms with Gasteiger partial charge in [0.05, 0.1) is 11.6 Å². The normalized spacial score (nSPS) is 9.96. The van der Waals surface area contributed by atoms with Crippen LogP contribution in [0.25, 0.3) is 0 Å². The maximum absolute atomic E-state index is 8.91. The average Bonchev–Trinajstić information content (AvgIpc) is 2.66. The highest BCUT2D eigenvalue weighted by Gasteiger charge is 2.00. The van der Waals surface area contributed by atoms with Crippen LogP contribution in [0.15, 0.2) is 78.9 Å². The van der Waals surface area contributed by atoms with Crippen molar-refractivity contribution in [1.29, 1.82) is 5.26 Å². The molecule has 3 aromatic rings. The fraction of sp³-hybridized carbons (Fsp3) is 0.0952. The summed E-state index contributed by atoms with van der Waals surface area (Å²) in [5.41, 5.74) is 2.74. The third-order valence-corrected chi connectivity index (χ3v) is 3.53. The lowest BCUT2D eigenvalue weighted by Crippen LogP contribution is -1.97. The molecule has 0 spiro atoms. The van der Waals surface area contributed by atoms with Gasteiger partial charge in [0.25, 0.3) is 0 Å². The van der Waals surface area contributed by atoms with Crippen LogP contribution in [-0.4, -0.2) is 0 Å². The predicted octanol–water partition coefficient (Wildman–Crippen LogP) is 4.72. The molecule has 0 aliphatic rings. The Morgan fingerprint density at radius 3 is 1.88 bits per heavy atom. The lowest BCUT2D eigenvalue weighted by atomic mass is 10.1. The van der Waals surface area contributed by atoms with Crippen LogP contribution in [0.2, 0.25) is 0 Å². The van der Waals surface area contributed by atoms with E-state index in [0.29, 0.717) is 18.8 Å². The zero-order chi connectivity index (χ0) is 16.6. The van der Waals surface area contributed by atoms with E-state index < -0.39 is 0 Å². The van der Waals surface area contributed by atoms with E-state index in [2.05, 4.69) is 6.07 Å². The van der Waals surface area contributed by atoms with Gasteiger partial charge in [0, 0.05) is 0 Å². The summed E-state index contributed by atoms with van der Waals surface area (Å²) in [5.74, 6) is 1.57. The smallest absolute Gasteiger partial charge is 0.120 e. The minimum absolute atomic E-state index is 0.430. The molecule has 0 heterocycles. The summed E-state index contributed by atoms with van der Waals surface area (Å²) >= 11 is 0. The number of rotatable bonds is 6. The van der Waals surface area contributed by atoms with E-state index in [1.54, 1.807) is 6.07 Å². The van der Waals surface area contributed by atoms with Gasteiger partial charge in [0.15, 0.2) is 0 Å². The van der Waals surface area contributed by atoms with Crippen molar-refractivity contribution in [2.45, 2.75) is 13.2 Å². The molecule has 0 saturated heterocycles. The van der Waals surface area contributed by atoms with Crippen molar-refractivity contribution in [2.75, 3.05) is 0 Å². The number of benzene rings is 3. The Kier molecular flexibility index (Phi) is 5.11. The van der Waals surface area contributed by atoms with E-state index in [-0.39, 0.29) is 0 Å². The molecular formula is C21H17NO2. The van der Waals surface area contributed by atoms with Crippen molar-refractivity contribution in [1.82, 2.24) is 0 Å². The summed E-state index contributed by atoms with van der Waals surface area (Å²) in [6.07, 6.45) is 0. The SMILES string of the molecule is N#Cc1cccc(COc2ccc(OCc3ccccc3)cc2)c1. The van der Waals surface area contributed by atoms with Crippen molar-refractivity contribution >= 4 is 0 Å². The van der Waals surface area contributed by atoms with E-state index >= 15 is 0 Å². The van der Waals surface area contributed by atoms with E-state index in [9.17, 15) is 0 Å². The van der Waals surface area contributed by atoms with Crippen molar-refractivity contribution in [3.05, 3.63) is 95.6 Å². The van der Waals surface area contributed by atoms with Gasteiger partial charge < -0.3 is 9.47 Å². The van der Waals surface area contributed by atoms with Crippen LogP contribution in [-0.2, 0) is 13.2 Å². The summed E-state index contributed by atoms with van der Waals surface area (Å²) < 4.78 is 11.5. The molecule has 24 heavy (non-hydrogen) atoms. The van der Waals surface area contributed by atoms with Gasteiger partial charge in [-0.2, -0.15) is 5.26 Å². The molecule has 0 amide bonds. The van der Waals surface area contributed by atoms with Gasteiger partial charge in [-0.3, -0.25) is 0 Å². The maximum atomic E-state index is 8.91. The monoisotopic (exact) mass is 315 g/mol. The van der Waals surface area contributed by atoms with Crippen LogP contribution in [0.1, 0.15) is 16.7 Å². The van der Waals surface area contributed by atoms with E-state index in [1.807, 2.05) is 72.8 Å². The van der Waals surface area contributed by atoms with Gasteiger partial charge in [-0.05, 0) is 47.5 Å². The van der Waals surface area contributed by atoms with Crippen LogP contribution < -0.4 is 9.47 Å². The molecule has 0 fully saturated rings. The third kappa shape index (κ3) is 4.37. The number of nitrogens with zero attached hydrogens (tertiary/aromatic N) is 1. The molecule has 0 N–H and O–H groups in total. The van der Waals surface area contributed by atoms with Crippen LogP contribution >= 0.6 is 0 Å². The molecular weight excluding hydrogens is 298 g/mol. The summed E-state index contributed by atoms with van der Waals surface area (Å²) in [4.78, 5) is 0. The van der Waals surface area contributed by atoms with Crippen molar-refractivity contribution in [3.8, 4) is 17.6 Å². The van der Waals surface area contributed by atoms with Gasteiger partial charge in [0.1, 0.15) is 24.7 Å². The first-order valence-corrected chi connectivity index (χ1v) is 7.72. The fourth-order valence-corrected chi connectivity index (χ4v) is 2.27. The Morgan fingerprint density at radius 2 is 1.25 bits per heavy atom. The highest BCUT2D eigenvalue weighted by atomic mass is 16.5. The van der Waals surface area contributed by atoms with Gasteiger partial charge in [0.2, 0.25) is 0 Å². The van der Waals surface area contributed by atoms with E-state index in [1.165, 1.54) is 0 Å². The zero-order valence-electron chi connectivity index (χ0n) is 13.2. The Labute approximate surface area is 141 Å². The Hall–Kier alpha value is -3.25. The predicted molar refractivity (Wildman–Crippen MR) is 92.7 cm³/mol. The summed E-state index contributed by atoms with van der Waals surface area (Å²) in [5, 5.41) is 8.91. The second-order valence-electron chi connectivity index (χ2n) is 5.35. The largest absolute Gasteiger partial charge is 0.489 e. The molecule has 118 valence electrons. The van der Waals surface area contributed by atoms with E-state index in [0.717, 1.165) is 22.6 Å². The highest BCUT2D eigenvalue weighted by molar-refractivity contribution is 5.34. The molecule has 3 rings (SSSR count). The third-order valence-electron chi connectivity index (χ3n) is 3.53. The molecule has 3 heteroatoms. The summed E-state index contributed by atoms with van der Waals surface area (Å²) in [7, 11) is 0. The van der Waals surface area contributed by atoms with Gasteiger partial charge >= 0.3 is 0 Å². The van der Waals surface area contributed by atoms with Crippen LogP contribution in [0.3, 0.4) is 0 Å². The number of ether oxygens (including phenoxy) is 2. The summed E-state index contributed by atoms with van der Waals surface area (Å²) in [6, 6.07) is 27.1. The van der Waals surface area contributed by atoms with Crippen molar-refractivity contribution in [3.63, 3.8) is 0 Å². The van der Waals surface area contributed by atoms with Crippen LogP contribution in [0.4, 0.5) is 0 Å². The quantitative estimate of drug-likeness (QED) is 0.661. The molecule has 0 aliphatic heterocycles. The lowest BCUT2D eigenvalue weighted by Gasteiger charge is -2.09. The average molecular weight is 315 g/mol. The minimum Gasteiger partial charge on any atom is -0.489 e. The molecule has 0 saturated carbocycles. The Balaban J connectivity index is 1.53. The number of nitriles is 1. The first kappa shape index (κ1) is 15.6. The molecule has 3 nitrogen and oxygen atoms in total. The number of hydrogen-bond acceptors (Lipinski definition) is 3. The molecule has 3 aromatic carbocycles. The molecule has 0 aromatic heterocycles. The Bertz CT molecular complexity index is 820. The van der Waals surface area contributed by atoms with Crippen LogP contribution in [0.5, 0.6) is 11.5 Å². The second-order valence-corrected chi connectivity index (χ2v) is 5.35. The van der Waals surface area contributed by atoms with Gasteiger partial charge in [-0.25, -0.2) is 0 Å². The lowest BCUT2D eigenvalue weighted by molar-refractivity contribution is 0.297. The zero-order valence-corrected chi connectivity index (χ0v) is 13.2. The van der Waals surface area contributed by atoms with E-state index in [4.69, 9.17) is 14.7 Å². The Morgan fingerprint density at radius 1 is 0.667 bits per heavy atom. The topological polar surface area (TPSA) is 42.2 Å². The standard InChI is InChI=1S/C21H17NO2/c22-14-18-7-4-8-19(13-18)16-24-21-11-9-20(10-12-21)23-15-17-5-2-1-3-6-17/h1-13H,15-16H2. The molecule has 0 unspecified atom stereocenters. The van der Waals surface area contributed by atoms with Gasteiger partial charge in [-0.15, -0.1) is 0 Å². The minimum atomic E-state index is 0.430. The summed E-state index contributed by atoms with van der Waals surface area (Å²) in [6.45, 7) is 0.974. The highest BCUT2D eigenvalue weighted by Crippen LogP contribution is 2.20. The first-order chi connectivity index (χ1) is 11.8. The first-order valence-electron chi connectivity index (χ1n) is 7.72. The molecule has 0 radical (unpaired) electrons. The molecule has 0 bridgehead atoms. The van der Waals surface area contributed by atoms with Crippen molar-refractivity contribution < 1.29 is 9.47 Å². The van der Waals surface area contributed by atoms with Gasteiger partial charge in [-0.1, -0.05) is 42.5 Å². The molecule has 0 atom stereocenters. The molecule has 0 aliphatic carbocycles. The van der Waals surface area contributed by atoms with Crippen LogP contribution in [0, 0.1) is 11.3 Å². The number of hydrogen-bond donors (Lipinski definition) is 0.